The molecule has 0 spiro atoms. The van der Waals surface area contributed by atoms with Gasteiger partial charge in [0.2, 0.25) is 5.91 Å². The van der Waals surface area contributed by atoms with Gasteiger partial charge in [-0.25, -0.2) is 9.97 Å². The number of rotatable bonds is 5. The molecular weight excluding hydrogens is 342 g/mol. The molecule has 1 aliphatic carbocycles. The van der Waals surface area contributed by atoms with Gasteiger partial charge in [0.05, 0.1) is 29.8 Å². The van der Waals surface area contributed by atoms with Crippen LogP contribution in [0.2, 0.25) is 0 Å². The second-order valence-corrected chi connectivity index (χ2v) is 6.99. The molecule has 3 aromatic rings. The van der Waals surface area contributed by atoms with E-state index in [4.69, 9.17) is 0 Å². The van der Waals surface area contributed by atoms with Crippen LogP contribution in [0.25, 0.3) is 22.3 Å². The zero-order chi connectivity index (χ0) is 18.8. The average molecular weight is 363 g/mol. The number of nitriles is 1. The predicted octanol–water partition coefficient (Wildman–Crippen LogP) is 3.42. The number of fused-ring (bicyclic) bond motifs is 1. The monoisotopic (exact) mass is 363 g/mol. The Labute approximate surface area is 156 Å². The molecule has 138 valence electrons. The fourth-order valence-corrected chi connectivity index (χ4v) is 3.99. The quantitative estimate of drug-likeness (QED) is 0.721. The molecule has 1 aliphatic rings. The van der Waals surface area contributed by atoms with Crippen LogP contribution in [0.3, 0.4) is 0 Å². The van der Waals surface area contributed by atoms with E-state index in [9.17, 15) is 10.1 Å². The lowest BCUT2D eigenvalue weighted by Crippen LogP contribution is -2.18. The van der Waals surface area contributed by atoms with Gasteiger partial charge in [0.1, 0.15) is 12.0 Å². The van der Waals surface area contributed by atoms with Crippen molar-refractivity contribution in [3.05, 3.63) is 24.8 Å². The number of hydrogen-bond donors (Lipinski definition) is 2. The van der Waals surface area contributed by atoms with Crippen LogP contribution in [0, 0.1) is 17.2 Å². The Balaban J connectivity index is 1.82. The van der Waals surface area contributed by atoms with E-state index in [0.29, 0.717) is 23.9 Å². The Hall–Kier alpha value is -3.21. The van der Waals surface area contributed by atoms with Crippen LogP contribution in [-0.2, 0) is 4.79 Å². The molecule has 3 aromatic heterocycles. The molecule has 8 heteroatoms. The summed E-state index contributed by atoms with van der Waals surface area (Å²) in [5.74, 6) is 0.698. The molecule has 1 amide bonds. The summed E-state index contributed by atoms with van der Waals surface area (Å²) in [7, 11) is 0. The molecule has 27 heavy (non-hydrogen) atoms. The molecule has 4 rings (SSSR count). The van der Waals surface area contributed by atoms with E-state index in [2.05, 4.69) is 31.4 Å². The van der Waals surface area contributed by atoms with Crippen LogP contribution in [0.1, 0.15) is 45.1 Å². The molecule has 0 saturated heterocycles. The molecule has 3 heterocycles. The third-order valence-corrected chi connectivity index (χ3v) is 5.22. The number of carbonyl (C=O) groups is 1. The van der Waals surface area contributed by atoms with Crippen LogP contribution in [-0.4, -0.2) is 30.6 Å². The minimum absolute atomic E-state index is 0.00214. The first-order chi connectivity index (χ1) is 13.2. The number of nitrogens with one attached hydrogen (secondary N) is 2. The van der Waals surface area contributed by atoms with Gasteiger partial charge in [-0.2, -0.15) is 10.4 Å². The summed E-state index contributed by atoms with van der Waals surface area (Å²) in [5.41, 5.74) is 2.17. The zero-order valence-electron chi connectivity index (χ0n) is 15.1. The maximum absolute atomic E-state index is 11.7. The summed E-state index contributed by atoms with van der Waals surface area (Å²) in [6, 6.07) is 4.21. The second kappa shape index (κ2) is 7.19. The Bertz CT molecular complexity index is 1010. The predicted molar refractivity (Wildman–Crippen MR) is 101 cm³/mol. The highest BCUT2D eigenvalue weighted by Gasteiger charge is 2.28. The summed E-state index contributed by atoms with van der Waals surface area (Å²) in [6.07, 6.45) is 10.2. The summed E-state index contributed by atoms with van der Waals surface area (Å²) in [4.78, 5) is 23.5. The molecule has 0 bridgehead atoms. The first-order valence-corrected chi connectivity index (χ1v) is 9.19. The van der Waals surface area contributed by atoms with Crippen molar-refractivity contribution < 1.29 is 4.79 Å². The number of aromatic nitrogens is 5. The van der Waals surface area contributed by atoms with Gasteiger partial charge in [-0.05, 0) is 24.8 Å². The SMILES string of the molecule is CC(=O)Nc1nn([C@H](CC#N)C2CCCC2)cc1-c1ncnc2[nH]ccc12. The van der Waals surface area contributed by atoms with Crippen molar-refractivity contribution in [2.45, 2.75) is 45.1 Å². The summed E-state index contributed by atoms with van der Waals surface area (Å²) in [5, 5.41) is 17.6. The van der Waals surface area contributed by atoms with Crippen molar-refractivity contribution in [1.29, 1.82) is 5.26 Å². The van der Waals surface area contributed by atoms with Gasteiger partial charge in [0.15, 0.2) is 5.82 Å². The highest BCUT2D eigenvalue weighted by Crippen LogP contribution is 2.38. The molecule has 0 unspecified atom stereocenters. The van der Waals surface area contributed by atoms with E-state index in [0.717, 1.165) is 29.4 Å². The van der Waals surface area contributed by atoms with Gasteiger partial charge in [0.25, 0.3) is 0 Å². The standard InChI is InChI=1S/C19H21N7O/c1-12(27)24-19-15(17-14-7-9-21-18(14)23-11-22-17)10-26(25-19)16(6-8-20)13-4-2-3-5-13/h7,9-11,13,16H,2-6H2,1H3,(H,21,22,23)(H,24,25,27)/t16-/m1/s1. The number of amides is 1. The number of aromatic amines is 1. The normalized spacial score (nSPS) is 15.7. The van der Waals surface area contributed by atoms with Gasteiger partial charge < -0.3 is 10.3 Å². The maximum Gasteiger partial charge on any atom is 0.222 e. The lowest BCUT2D eigenvalue weighted by atomic mass is 9.96. The Morgan fingerprint density at radius 2 is 2.26 bits per heavy atom. The highest BCUT2D eigenvalue weighted by molar-refractivity contribution is 5.97. The third kappa shape index (κ3) is 3.28. The topological polar surface area (TPSA) is 112 Å². The van der Waals surface area contributed by atoms with Crippen molar-refractivity contribution in [3.63, 3.8) is 0 Å². The first kappa shape index (κ1) is 17.2. The minimum atomic E-state index is -0.196. The smallest absolute Gasteiger partial charge is 0.222 e. The fourth-order valence-electron chi connectivity index (χ4n) is 3.99. The number of nitrogens with zero attached hydrogens (tertiary/aromatic N) is 5. The Morgan fingerprint density at radius 1 is 1.44 bits per heavy atom. The molecule has 0 radical (unpaired) electrons. The van der Waals surface area contributed by atoms with Crippen molar-refractivity contribution >= 4 is 22.8 Å². The molecule has 1 fully saturated rings. The lowest BCUT2D eigenvalue weighted by molar-refractivity contribution is -0.114. The summed E-state index contributed by atoms with van der Waals surface area (Å²) >= 11 is 0. The Kier molecular flexibility index (Phi) is 4.59. The van der Waals surface area contributed by atoms with Crippen molar-refractivity contribution in [1.82, 2.24) is 24.7 Å². The van der Waals surface area contributed by atoms with Crippen LogP contribution in [0.4, 0.5) is 5.82 Å². The maximum atomic E-state index is 11.7. The van der Waals surface area contributed by atoms with E-state index in [1.165, 1.54) is 26.1 Å². The molecular formula is C19H21N7O. The van der Waals surface area contributed by atoms with Gasteiger partial charge in [-0.15, -0.1) is 0 Å². The molecule has 8 nitrogen and oxygen atoms in total. The first-order valence-electron chi connectivity index (χ1n) is 9.19. The fraction of sp³-hybridized carbons (Fsp3) is 0.421. The molecule has 0 aromatic carbocycles. The summed E-state index contributed by atoms with van der Waals surface area (Å²) < 4.78 is 1.85. The third-order valence-electron chi connectivity index (χ3n) is 5.22. The molecule has 1 saturated carbocycles. The van der Waals surface area contributed by atoms with E-state index < -0.39 is 0 Å². The number of H-pyrrole nitrogens is 1. The van der Waals surface area contributed by atoms with E-state index >= 15 is 0 Å². The van der Waals surface area contributed by atoms with Gasteiger partial charge in [0, 0.05) is 24.7 Å². The van der Waals surface area contributed by atoms with Crippen molar-refractivity contribution in [2.24, 2.45) is 5.92 Å². The van der Waals surface area contributed by atoms with Crippen LogP contribution in [0.15, 0.2) is 24.8 Å². The van der Waals surface area contributed by atoms with E-state index in [-0.39, 0.29) is 11.9 Å². The minimum Gasteiger partial charge on any atom is -0.346 e. The largest absolute Gasteiger partial charge is 0.346 e. The second-order valence-electron chi connectivity index (χ2n) is 6.99. The van der Waals surface area contributed by atoms with Gasteiger partial charge >= 0.3 is 0 Å². The lowest BCUT2D eigenvalue weighted by Gasteiger charge is -2.21. The summed E-state index contributed by atoms with van der Waals surface area (Å²) in [6.45, 7) is 1.46. The van der Waals surface area contributed by atoms with Crippen LogP contribution in [0.5, 0.6) is 0 Å². The molecule has 2 N–H and O–H groups in total. The van der Waals surface area contributed by atoms with Crippen LogP contribution < -0.4 is 5.32 Å². The van der Waals surface area contributed by atoms with Gasteiger partial charge in [-0.3, -0.25) is 9.48 Å². The number of anilines is 1. The van der Waals surface area contributed by atoms with E-state index in [1.54, 1.807) is 0 Å². The van der Waals surface area contributed by atoms with Crippen molar-refractivity contribution in [2.75, 3.05) is 5.32 Å². The molecule has 1 atom stereocenters. The Morgan fingerprint density at radius 3 is 3.00 bits per heavy atom. The number of carbonyl (C=O) groups excluding carboxylic acids is 1. The number of hydrogen-bond acceptors (Lipinski definition) is 5. The van der Waals surface area contributed by atoms with Crippen LogP contribution >= 0.6 is 0 Å². The zero-order valence-corrected chi connectivity index (χ0v) is 15.1. The highest BCUT2D eigenvalue weighted by atomic mass is 16.1. The average Bonchev–Trinajstić information content (AvgIpc) is 3.39. The van der Waals surface area contributed by atoms with E-state index in [1.807, 2.05) is 23.1 Å². The van der Waals surface area contributed by atoms with Gasteiger partial charge in [-0.1, -0.05) is 12.8 Å². The molecule has 0 aliphatic heterocycles. The van der Waals surface area contributed by atoms with Crippen molar-refractivity contribution in [3.8, 4) is 17.3 Å².